The molecule has 0 fully saturated rings. The van der Waals surface area contributed by atoms with Gasteiger partial charge in [0.1, 0.15) is 5.75 Å². The van der Waals surface area contributed by atoms with E-state index in [9.17, 15) is 0 Å². The Kier molecular flexibility index (Phi) is 4.27. The Hall–Kier alpha value is -1.33. The fourth-order valence-electron chi connectivity index (χ4n) is 1.54. The molecule has 6 heteroatoms. The van der Waals surface area contributed by atoms with Crippen LogP contribution in [0.4, 0.5) is 11.5 Å². The summed E-state index contributed by atoms with van der Waals surface area (Å²) in [6.07, 6.45) is 0. The number of aromatic nitrogens is 2. The minimum absolute atomic E-state index is 0.357. The lowest BCUT2D eigenvalue weighted by Crippen LogP contribution is -2.00. The van der Waals surface area contributed by atoms with Crippen molar-refractivity contribution in [3.05, 3.63) is 39.2 Å². The van der Waals surface area contributed by atoms with Gasteiger partial charge in [-0.1, -0.05) is 11.6 Å². The lowest BCUT2D eigenvalue weighted by atomic mass is 10.3. The highest BCUT2D eigenvalue weighted by Gasteiger charge is 2.08. The fourth-order valence-corrected chi connectivity index (χ4v) is 2.29. The molecular weight excluding hydrogens is 330 g/mol. The zero-order valence-corrected chi connectivity index (χ0v) is 13.1. The molecule has 0 spiro atoms. The van der Waals surface area contributed by atoms with Crippen molar-refractivity contribution in [2.24, 2.45) is 0 Å². The minimum Gasteiger partial charge on any atom is -0.496 e. The molecule has 2 rings (SSSR count). The maximum absolute atomic E-state index is 6.08. The number of methoxy groups -OCH3 is 1. The maximum Gasteiger partial charge on any atom is 0.172 e. The molecule has 0 saturated carbocycles. The highest BCUT2D eigenvalue weighted by Crippen LogP contribution is 2.30. The highest BCUT2D eigenvalue weighted by atomic mass is 79.9. The van der Waals surface area contributed by atoms with Gasteiger partial charge in [-0.3, -0.25) is 0 Å². The van der Waals surface area contributed by atoms with Gasteiger partial charge in [-0.2, -0.15) is 0 Å². The molecule has 1 aromatic carbocycles. The van der Waals surface area contributed by atoms with Crippen LogP contribution in [0.25, 0.3) is 0 Å². The van der Waals surface area contributed by atoms with Crippen LogP contribution in [0.3, 0.4) is 0 Å². The number of halogens is 2. The smallest absolute Gasteiger partial charge is 0.172 e. The van der Waals surface area contributed by atoms with Crippen LogP contribution in [0.5, 0.6) is 5.75 Å². The SMILES string of the molecule is COc1ccc(Nc2nc(C)c(C)nc2Cl)cc1Br. The summed E-state index contributed by atoms with van der Waals surface area (Å²) in [5.74, 6) is 1.31. The maximum atomic E-state index is 6.08. The molecular formula is C13H13BrClN3O. The van der Waals surface area contributed by atoms with Gasteiger partial charge in [0, 0.05) is 5.69 Å². The Morgan fingerprint density at radius 2 is 1.89 bits per heavy atom. The van der Waals surface area contributed by atoms with E-state index in [4.69, 9.17) is 16.3 Å². The lowest BCUT2D eigenvalue weighted by Gasteiger charge is -2.10. The Morgan fingerprint density at radius 1 is 1.21 bits per heavy atom. The molecule has 0 aliphatic heterocycles. The van der Waals surface area contributed by atoms with Gasteiger partial charge in [-0.05, 0) is 48.0 Å². The van der Waals surface area contributed by atoms with Crippen LogP contribution in [0, 0.1) is 13.8 Å². The van der Waals surface area contributed by atoms with Crippen molar-refractivity contribution < 1.29 is 4.74 Å². The van der Waals surface area contributed by atoms with Gasteiger partial charge in [0.2, 0.25) is 0 Å². The molecule has 0 bridgehead atoms. The Labute approximate surface area is 125 Å². The van der Waals surface area contributed by atoms with E-state index in [0.29, 0.717) is 11.0 Å². The number of hydrogen-bond acceptors (Lipinski definition) is 4. The first-order chi connectivity index (χ1) is 9.01. The summed E-state index contributed by atoms with van der Waals surface area (Å²) in [7, 11) is 1.62. The van der Waals surface area contributed by atoms with E-state index in [1.54, 1.807) is 7.11 Å². The van der Waals surface area contributed by atoms with E-state index in [1.807, 2.05) is 32.0 Å². The minimum atomic E-state index is 0.357. The normalized spacial score (nSPS) is 10.4. The third-order valence-electron chi connectivity index (χ3n) is 2.68. The van der Waals surface area contributed by atoms with Crippen molar-refractivity contribution in [3.63, 3.8) is 0 Å². The first kappa shape index (κ1) is 14.1. The van der Waals surface area contributed by atoms with Crippen LogP contribution in [-0.2, 0) is 0 Å². The zero-order valence-electron chi connectivity index (χ0n) is 10.8. The molecule has 0 amide bonds. The van der Waals surface area contributed by atoms with Gasteiger partial charge < -0.3 is 10.1 Å². The molecule has 1 aromatic heterocycles. The molecule has 0 radical (unpaired) electrons. The second-order valence-electron chi connectivity index (χ2n) is 4.01. The molecule has 0 aliphatic rings. The zero-order chi connectivity index (χ0) is 14.0. The third-order valence-corrected chi connectivity index (χ3v) is 3.56. The average Bonchev–Trinajstić information content (AvgIpc) is 2.36. The number of ether oxygens (including phenoxy) is 1. The van der Waals surface area contributed by atoms with E-state index in [1.165, 1.54) is 0 Å². The average molecular weight is 343 g/mol. The quantitative estimate of drug-likeness (QED) is 0.905. The summed E-state index contributed by atoms with van der Waals surface area (Å²) in [6.45, 7) is 3.77. The monoisotopic (exact) mass is 341 g/mol. The van der Waals surface area contributed by atoms with E-state index in [-0.39, 0.29) is 0 Å². The second-order valence-corrected chi connectivity index (χ2v) is 5.22. The molecule has 4 nitrogen and oxygen atoms in total. The number of nitrogens with zero attached hydrogens (tertiary/aromatic N) is 2. The van der Waals surface area contributed by atoms with Crippen molar-refractivity contribution in [3.8, 4) is 5.75 Å². The molecule has 100 valence electrons. The van der Waals surface area contributed by atoms with E-state index >= 15 is 0 Å². The summed E-state index contributed by atoms with van der Waals surface area (Å²) < 4.78 is 6.03. The summed E-state index contributed by atoms with van der Waals surface area (Å²) >= 11 is 9.51. The van der Waals surface area contributed by atoms with Crippen molar-refractivity contribution in [2.75, 3.05) is 12.4 Å². The molecule has 0 aliphatic carbocycles. The molecule has 0 saturated heterocycles. The summed E-state index contributed by atoms with van der Waals surface area (Å²) in [5.41, 5.74) is 2.53. The Balaban J connectivity index is 2.31. The summed E-state index contributed by atoms with van der Waals surface area (Å²) in [4.78, 5) is 8.62. The standard InChI is InChI=1S/C13H13BrClN3O/c1-7-8(2)17-13(12(15)16-7)18-9-4-5-11(19-3)10(14)6-9/h4-6H,1-3H3,(H,17,18). The van der Waals surface area contributed by atoms with Crippen molar-refractivity contribution in [1.29, 1.82) is 0 Å². The number of rotatable bonds is 3. The third kappa shape index (κ3) is 3.16. The summed E-state index contributed by atoms with van der Waals surface area (Å²) in [5, 5.41) is 3.50. The first-order valence-electron chi connectivity index (χ1n) is 5.62. The van der Waals surface area contributed by atoms with Gasteiger partial charge in [-0.25, -0.2) is 9.97 Å². The number of benzene rings is 1. The molecule has 1 N–H and O–H groups in total. The van der Waals surface area contributed by atoms with Crippen LogP contribution in [0.2, 0.25) is 5.15 Å². The van der Waals surface area contributed by atoms with Gasteiger partial charge in [0.15, 0.2) is 11.0 Å². The van der Waals surface area contributed by atoms with Gasteiger partial charge in [0.05, 0.1) is 23.0 Å². The Bertz CT molecular complexity index is 619. The summed E-state index contributed by atoms with van der Waals surface area (Å²) in [6, 6.07) is 5.64. The van der Waals surface area contributed by atoms with E-state index < -0.39 is 0 Å². The van der Waals surface area contributed by atoms with Crippen LogP contribution in [0.1, 0.15) is 11.4 Å². The van der Waals surface area contributed by atoms with Gasteiger partial charge in [-0.15, -0.1) is 0 Å². The molecule has 2 aromatic rings. The number of nitrogens with one attached hydrogen (secondary N) is 1. The molecule has 0 unspecified atom stereocenters. The Morgan fingerprint density at radius 3 is 2.53 bits per heavy atom. The molecule has 1 heterocycles. The molecule has 0 atom stereocenters. The van der Waals surface area contributed by atoms with Crippen LogP contribution >= 0.6 is 27.5 Å². The van der Waals surface area contributed by atoms with E-state index in [0.717, 1.165) is 27.3 Å². The van der Waals surface area contributed by atoms with Crippen LogP contribution in [-0.4, -0.2) is 17.1 Å². The fraction of sp³-hybridized carbons (Fsp3) is 0.231. The van der Waals surface area contributed by atoms with Crippen molar-refractivity contribution in [2.45, 2.75) is 13.8 Å². The first-order valence-corrected chi connectivity index (χ1v) is 6.79. The molecule has 19 heavy (non-hydrogen) atoms. The topological polar surface area (TPSA) is 47.0 Å². The van der Waals surface area contributed by atoms with Gasteiger partial charge >= 0.3 is 0 Å². The van der Waals surface area contributed by atoms with Gasteiger partial charge in [0.25, 0.3) is 0 Å². The predicted octanol–water partition coefficient (Wildman–Crippen LogP) is 4.26. The lowest BCUT2D eigenvalue weighted by molar-refractivity contribution is 0.412. The largest absolute Gasteiger partial charge is 0.496 e. The van der Waals surface area contributed by atoms with Crippen molar-refractivity contribution in [1.82, 2.24) is 9.97 Å². The predicted molar refractivity (Wildman–Crippen MR) is 80.5 cm³/mol. The van der Waals surface area contributed by atoms with Crippen molar-refractivity contribution >= 4 is 39.0 Å². The van der Waals surface area contributed by atoms with Crippen LogP contribution in [0.15, 0.2) is 22.7 Å². The number of hydrogen-bond donors (Lipinski definition) is 1. The van der Waals surface area contributed by atoms with E-state index in [2.05, 4.69) is 31.2 Å². The number of anilines is 2. The van der Waals surface area contributed by atoms with Crippen LogP contribution < -0.4 is 10.1 Å². The number of aryl methyl sites for hydroxylation is 2. The highest BCUT2D eigenvalue weighted by molar-refractivity contribution is 9.10. The second kappa shape index (κ2) is 5.75.